The number of rotatable bonds is 4. The Balaban J connectivity index is 2.22. The van der Waals surface area contributed by atoms with Crippen molar-refractivity contribution in [3.63, 3.8) is 0 Å². The average Bonchev–Trinajstić information content (AvgIpc) is 2.79. The van der Waals surface area contributed by atoms with Crippen LogP contribution in [0.5, 0.6) is 0 Å². The molecule has 106 valence electrons. The normalized spacial score (nSPS) is 11.6. The molecular weight excluding hydrogens is 273 g/mol. The molecule has 7 heteroatoms. The third-order valence-corrected chi connectivity index (χ3v) is 2.72. The molecule has 0 saturated carbocycles. The number of halogens is 3. The number of carbonyl (C=O) groups is 1. The largest absolute Gasteiger partial charge is 0.481 e. The van der Waals surface area contributed by atoms with Crippen molar-refractivity contribution in [2.24, 2.45) is 0 Å². The molecule has 0 aliphatic rings. The summed E-state index contributed by atoms with van der Waals surface area (Å²) in [5.74, 6) is -0.992. The maximum atomic E-state index is 12.4. The van der Waals surface area contributed by atoms with Crippen molar-refractivity contribution < 1.29 is 23.1 Å². The van der Waals surface area contributed by atoms with Gasteiger partial charge in [0.1, 0.15) is 0 Å². The van der Waals surface area contributed by atoms with Gasteiger partial charge in [-0.2, -0.15) is 18.3 Å². The standard InChI is InChI=1S/C13H11F3N2O2/c14-13(15,16)11-5-6-18(17-11)8-10-4-2-1-3-9(10)7-12(19)20/h1-6H,7-8H2,(H,19,20). The van der Waals surface area contributed by atoms with E-state index in [2.05, 4.69) is 5.10 Å². The Morgan fingerprint density at radius 2 is 1.85 bits per heavy atom. The molecule has 0 spiro atoms. The first-order valence-corrected chi connectivity index (χ1v) is 5.75. The Morgan fingerprint density at radius 3 is 2.40 bits per heavy atom. The molecule has 0 aliphatic carbocycles. The number of aromatic nitrogens is 2. The first-order valence-electron chi connectivity index (χ1n) is 5.75. The van der Waals surface area contributed by atoms with Crippen LogP contribution < -0.4 is 0 Å². The van der Waals surface area contributed by atoms with Crippen molar-refractivity contribution in [3.8, 4) is 0 Å². The van der Waals surface area contributed by atoms with Gasteiger partial charge in [-0.3, -0.25) is 9.48 Å². The quantitative estimate of drug-likeness (QED) is 0.938. The lowest BCUT2D eigenvalue weighted by atomic mass is 10.0. The Hall–Kier alpha value is -2.31. The molecule has 20 heavy (non-hydrogen) atoms. The Bertz CT molecular complexity index is 620. The molecular formula is C13H11F3N2O2. The van der Waals surface area contributed by atoms with Gasteiger partial charge in [-0.25, -0.2) is 0 Å². The van der Waals surface area contributed by atoms with Gasteiger partial charge in [0.05, 0.1) is 13.0 Å². The van der Waals surface area contributed by atoms with Crippen LogP contribution in [-0.2, 0) is 23.9 Å². The van der Waals surface area contributed by atoms with Gasteiger partial charge in [0.15, 0.2) is 5.69 Å². The SMILES string of the molecule is O=C(O)Cc1ccccc1Cn1ccc(C(F)(F)F)n1. The highest BCUT2D eigenvalue weighted by Gasteiger charge is 2.33. The zero-order valence-corrected chi connectivity index (χ0v) is 10.3. The predicted molar refractivity (Wildman–Crippen MR) is 64.1 cm³/mol. The monoisotopic (exact) mass is 284 g/mol. The summed E-state index contributed by atoms with van der Waals surface area (Å²) < 4.78 is 38.5. The molecule has 1 heterocycles. The van der Waals surface area contributed by atoms with Crippen molar-refractivity contribution >= 4 is 5.97 Å². The number of nitrogens with zero attached hydrogens (tertiary/aromatic N) is 2. The number of hydrogen-bond acceptors (Lipinski definition) is 2. The van der Waals surface area contributed by atoms with Gasteiger partial charge in [0.2, 0.25) is 0 Å². The summed E-state index contributed by atoms with van der Waals surface area (Å²) in [4.78, 5) is 10.7. The van der Waals surface area contributed by atoms with E-state index in [1.165, 1.54) is 6.20 Å². The van der Waals surface area contributed by atoms with Gasteiger partial charge in [-0.15, -0.1) is 0 Å². The molecule has 0 saturated heterocycles. The fraction of sp³-hybridized carbons (Fsp3) is 0.231. The smallest absolute Gasteiger partial charge is 0.435 e. The van der Waals surface area contributed by atoms with Crippen LogP contribution in [0.4, 0.5) is 13.2 Å². The van der Waals surface area contributed by atoms with Gasteiger partial charge in [-0.1, -0.05) is 24.3 Å². The molecule has 0 radical (unpaired) electrons. The second-order valence-electron chi connectivity index (χ2n) is 4.24. The van der Waals surface area contributed by atoms with Crippen LogP contribution in [0.2, 0.25) is 0 Å². The van der Waals surface area contributed by atoms with E-state index >= 15 is 0 Å². The molecule has 0 unspecified atom stereocenters. The van der Waals surface area contributed by atoms with Crippen LogP contribution in [-0.4, -0.2) is 20.9 Å². The van der Waals surface area contributed by atoms with Gasteiger partial charge in [0.25, 0.3) is 0 Å². The fourth-order valence-corrected chi connectivity index (χ4v) is 1.82. The minimum Gasteiger partial charge on any atom is -0.481 e. The topological polar surface area (TPSA) is 55.1 Å². The molecule has 2 rings (SSSR count). The number of hydrogen-bond donors (Lipinski definition) is 1. The second-order valence-corrected chi connectivity index (χ2v) is 4.24. The molecule has 0 amide bonds. The Morgan fingerprint density at radius 1 is 1.20 bits per heavy atom. The van der Waals surface area contributed by atoms with Crippen molar-refractivity contribution in [3.05, 3.63) is 53.3 Å². The fourth-order valence-electron chi connectivity index (χ4n) is 1.82. The first kappa shape index (κ1) is 14.1. The zero-order chi connectivity index (χ0) is 14.8. The van der Waals surface area contributed by atoms with Crippen molar-refractivity contribution in [2.45, 2.75) is 19.1 Å². The summed E-state index contributed by atoms with van der Waals surface area (Å²) in [5, 5.41) is 12.2. The third-order valence-electron chi connectivity index (χ3n) is 2.72. The number of carboxylic acid groups (broad SMARTS) is 1. The van der Waals surface area contributed by atoms with E-state index in [-0.39, 0.29) is 13.0 Å². The molecule has 2 aromatic rings. The summed E-state index contributed by atoms with van der Waals surface area (Å²) in [6.45, 7) is 0.0968. The molecule has 0 bridgehead atoms. The summed E-state index contributed by atoms with van der Waals surface area (Å²) in [7, 11) is 0. The van der Waals surface area contributed by atoms with Crippen LogP contribution in [0.1, 0.15) is 16.8 Å². The van der Waals surface area contributed by atoms with Crippen molar-refractivity contribution in [1.29, 1.82) is 0 Å². The van der Waals surface area contributed by atoms with Gasteiger partial charge < -0.3 is 5.11 Å². The molecule has 1 N–H and O–H groups in total. The lowest BCUT2D eigenvalue weighted by Crippen LogP contribution is -2.10. The van der Waals surface area contributed by atoms with E-state index < -0.39 is 17.8 Å². The summed E-state index contributed by atoms with van der Waals surface area (Å²) in [5.41, 5.74) is 0.226. The molecule has 1 aromatic heterocycles. The molecule has 0 aliphatic heterocycles. The minimum absolute atomic E-state index is 0.0968. The zero-order valence-electron chi connectivity index (χ0n) is 10.3. The van der Waals surface area contributed by atoms with Crippen molar-refractivity contribution in [2.75, 3.05) is 0 Å². The highest BCUT2D eigenvalue weighted by atomic mass is 19.4. The molecule has 4 nitrogen and oxygen atoms in total. The van der Waals surface area contributed by atoms with E-state index in [0.29, 0.717) is 11.1 Å². The van der Waals surface area contributed by atoms with Gasteiger partial charge in [0, 0.05) is 6.20 Å². The maximum Gasteiger partial charge on any atom is 0.435 e. The third kappa shape index (κ3) is 3.37. The van der Waals surface area contributed by atoms with E-state index in [1.807, 2.05) is 0 Å². The van der Waals surface area contributed by atoms with Gasteiger partial charge in [-0.05, 0) is 17.2 Å². The lowest BCUT2D eigenvalue weighted by molar-refractivity contribution is -0.141. The van der Waals surface area contributed by atoms with E-state index in [4.69, 9.17) is 5.11 Å². The Kier molecular flexibility index (Phi) is 3.78. The number of aliphatic carboxylic acids is 1. The first-order chi connectivity index (χ1) is 9.36. The average molecular weight is 284 g/mol. The number of alkyl halides is 3. The van der Waals surface area contributed by atoms with E-state index in [9.17, 15) is 18.0 Å². The molecule has 0 fully saturated rings. The number of benzene rings is 1. The summed E-state index contributed by atoms with van der Waals surface area (Å²) in [6, 6.07) is 7.59. The number of carboxylic acids is 1. The van der Waals surface area contributed by atoms with Crippen LogP contribution in [0.15, 0.2) is 36.5 Å². The highest BCUT2D eigenvalue weighted by molar-refractivity contribution is 5.70. The van der Waals surface area contributed by atoms with Gasteiger partial charge >= 0.3 is 12.1 Å². The van der Waals surface area contributed by atoms with Crippen LogP contribution in [0.3, 0.4) is 0 Å². The summed E-state index contributed by atoms with van der Waals surface area (Å²) in [6.07, 6.45) is -3.43. The minimum atomic E-state index is -4.48. The van der Waals surface area contributed by atoms with Crippen LogP contribution in [0.25, 0.3) is 0 Å². The predicted octanol–water partition coefficient (Wildman–Crippen LogP) is 2.58. The van der Waals surface area contributed by atoms with E-state index in [0.717, 1.165) is 10.7 Å². The Labute approximate surface area is 112 Å². The molecule has 1 aromatic carbocycles. The van der Waals surface area contributed by atoms with Crippen LogP contribution >= 0.6 is 0 Å². The lowest BCUT2D eigenvalue weighted by Gasteiger charge is -2.08. The maximum absolute atomic E-state index is 12.4. The van der Waals surface area contributed by atoms with Crippen molar-refractivity contribution in [1.82, 2.24) is 9.78 Å². The van der Waals surface area contributed by atoms with E-state index in [1.54, 1.807) is 24.3 Å². The summed E-state index contributed by atoms with van der Waals surface area (Å²) >= 11 is 0. The highest BCUT2D eigenvalue weighted by Crippen LogP contribution is 2.27. The van der Waals surface area contributed by atoms with Crippen LogP contribution in [0, 0.1) is 0 Å². The molecule has 0 atom stereocenters. The second kappa shape index (κ2) is 5.36.